The van der Waals surface area contributed by atoms with Crippen LogP contribution in [0.25, 0.3) is 10.9 Å². The standard InChI is InChI=1S/C17H23N3O/c18-10-17(20-16-5-1-3-14(16)11-21)13-6-7-15-12(9-13)4-2-8-19-15/h2,4,6-9,14,16-17,20-21H,1,3,5,10-11,18H2. The zero-order valence-corrected chi connectivity index (χ0v) is 12.2. The summed E-state index contributed by atoms with van der Waals surface area (Å²) in [6.45, 7) is 0.816. The molecule has 0 spiro atoms. The summed E-state index contributed by atoms with van der Waals surface area (Å²) in [6.07, 6.45) is 5.22. The summed E-state index contributed by atoms with van der Waals surface area (Å²) in [4.78, 5) is 4.35. The van der Waals surface area contributed by atoms with Crippen molar-refractivity contribution in [2.24, 2.45) is 11.7 Å². The Labute approximate surface area is 125 Å². The lowest BCUT2D eigenvalue weighted by molar-refractivity contribution is 0.200. The first-order valence-electron chi connectivity index (χ1n) is 7.73. The van der Waals surface area contributed by atoms with E-state index in [9.17, 15) is 5.11 Å². The molecule has 3 unspecified atom stereocenters. The molecule has 2 aromatic rings. The summed E-state index contributed by atoms with van der Waals surface area (Å²) < 4.78 is 0. The van der Waals surface area contributed by atoms with Gasteiger partial charge in [-0.2, -0.15) is 0 Å². The lowest BCUT2D eigenvalue weighted by Gasteiger charge is -2.26. The van der Waals surface area contributed by atoms with Crippen LogP contribution in [0.3, 0.4) is 0 Å². The Morgan fingerprint density at radius 3 is 3.05 bits per heavy atom. The fourth-order valence-corrected chi connectivity index (χ4v) is 3.34. The smallest absolute Gasteiger partial charge is 0.0702 e. The fraction of sp³-hybridized carbons (Fsp3) is 0.471. The van der Waals surface area contributed by atoms with E-state index in [1.807, 2.05) is 18.3 Å². The van der Waals surface area contributed by atoms with Crippen molar-refractivity contribution in [3.8, 4) is 0 Å². The number of pyridine rings is 1. The van der Waals surface area contributed by atoms with E-state index < -0.39 is 0 Å². The molecule has 112 valence electrons. The summed E-state index contributed by atoms with van der Waals surface area (Å²) in [7, 11) is 0. The van der Waals surface area contributed by atoms with Crippen LogP contribution in [-0.4, -0.2) is 29.3 Å². The number of nitrogens with zero attached hydrogens (tertiary/aromatic N) is 1. The molecule has 1 aliphatic carbocycles. The monoisotopic (exact) mass is 285 g/mol. The molecule has 3 rings (SSSR count). The molecule has 0 radical (unpaired) electrons. The lowest BCUT2D eigenvalue weighted by atomic mass is 10.00. The molecule has 0 bridgehead atoms. The number of aliphatic hydroxyl groups excluding tert-OH is 1. The van der Waals surface area contributed by atoms with Crippen LogP contribution < -0.4 is 11.1 Å². The molecule has 0 amide bonds. The van der Waals surface area contributed by atoms with Crippen molar-refractivity contribution in [2.75, 3.05) is 13.2 Å². The van der Waals surface area contributed by atoms with E-state index >= 15 is 0 Å². The van der Waals surface area contributed by atoms with Gasteiger partial charge in [0.2, 0.25) is 0 Å². The van der Waals surface area contributed by atoms with Crippen LogP contribution in [0.15, 0.2) is 36.5 Å². The highest BCUT2D eigenvalue weighted by molar-refractivity contribution is 5.79. The van der Waals surface area contributed by atoms with Crippen molar-refractivity contribution in [1.82, 2.24) is 10.3 Å². The van der Waals surface area contributed by atoms with Crippen LogP contribution in [0.2, 0.25) is 0 Å². The van der Waals surface area contributed by atoms with Crippen molar-refractivity contribution >= 4 is 10.9 Å². The molecule has 0 saturated heterocycles. The van der Waals surface area contributed by atoms with Gasteiger partial charge in [0.25, 0.3) is 0 Å². The molecule has 0 aliphatic heterocycles. The van der Waals surface area contributed by atoms with E-state index in [0.717, 1.165) is 23.7 Å². The molecule has 4 N–H and O–H groups in total. The highest BCUT2D eigenvalue weighted by atomic mass is 16.3. The van der Waals surface area contributed by atoms with Crippen LogP contribution >= 0.6 is 0 Å². The maximum absolute atomic E-state index is 9.45. The van der Waals surface area contributed by atoms with Gasteiger partial charge in [-0.1, -0.05) is 18.6 Å². The van der Waals surface area contributed by atoms with Gasteiger partial charge in [0.15, 0.2) is 0 Å². The number of hydrogen-bond acceptors (Lipinski definition) is 4. The van der Waals surface area contributed by atoms with Gasteiger partial charge >= 0.3 is 0 Å². The number of hydrogen-bond donors (Lipinski definition) is 3. The Hall–Kier alpha value is -1.49. The highest BCUT2D eigenvalue weighted by Gasteiger charge is 2.28. The van der Waals surface area contributed by atoms with Crippen molar-refractivity contribution in [3.63, 3.8) is 0 Å². The summed E-state index contributed by atoms with van der Waals surface area (Å²) in [5.74, 6) is 0.362. The van der Waals surface area contributed by atoms with E-state index in [0.29, 0.717) is 18.5 Å². The topological polar surface area (TPSA) is 71.2 Å². The number of aromatic nitrogens is 1. The highest BCUT2D eigenvalue weighted by Crippen LogP contribution is 2.28. The summed E-state index contributed by atoms with van der Waals surface area (Å²) in [6, 6.07) is 10.8. The van der Waals surface area contributed by atoms with E-state index in [1.54, 1.807) is 0 Å². The van der Waals surface area contributed by atoms with Gasteiger partial charge in [0, 0.05) is 36.8 Å². The van der Waals surface area contributed by atoms with Crippen molar-refractivity contribution in [2.45, 2.75) is 31.3 Å². The molecule has 4 nitrogen and oxygen atoms in total. The molecule has 1 aromatic carbocycles. The molecule has 4 heteroatoms. The second kappa shape index (κ2) is 6.52. The average molecular weight is 285 g/mol. The minimum Gasteiger partial charge on any atom is -0.396 e. The summed E-state index contributed by atoms with van der Waals surface area (Å²) >= 11 is 0. The Morgan fingerprint density at radius 2 is 2.24 bits per heavy atom. The van der Waals surface area contributed by atoms with Gasteiger partial charge < -0.3 is 16.2 Å². The summed E-state index contributed by atoms with van der Waals surface area (Å²) in [5.41, 5.74) is 8.17. The first-order valence-corrected chi connectivity index (χ1v) is 7.73. The molecule has 1 heterocycles. The normalized spacial score (nSPS) is 23.5. The van der Waals surface area contributed by atoms with Gasteiger partial charge in [-0.05, 0) is 42.5 Å². The minimum absolute atomic E-state index is 0.131. The average Bonchev–Trinajstić information content (AvgIpc) is 2.99. The molecule has 1 aliphatic rings. The Balaban J connectivity index is 1.80. The molecule has 1 aromatic heterocycles. The number of rotatable bonds is 5. The van der Waals surface area contributed by atoms with Gasteiger partial charge in [-0.3, -0.25) is 4.98 Å². The van der Waals surface area contributed by atoms with Gasteiger partial charge in [0.05, 0.1) is 5.52 Å². The SMILES string of the molecule is NCC(NC1CCCC1CO)c1ccc2ncccc2c1. The Bertz CT molecular complexity index is 601. The van der Waals surface area contributed by atoms with Crippen LogP contribution in [0.1, 0.15) is 30.9 Å². The number of fused-ring (bicyclic) bond motifs is 1. The maximum Gasteiger partial charge on any atom is 0.0702 e. The van der Waals surface area contributed by atoms with Crippen molar-refractivity contribution in [1.29, 1.82) is 0 Å². The fourth-order valence-electron chi connectivity index (χ4n) is 3.34. The van der Waals surface area contributed by atoms with E-state index in [2.05, 4.69) is 28.5 Å². The third-order valence-corrected chi connectivity index (χ3v) is 4.57. The van der Waals surface area contributed by atoms with Gasteiger partial charge in [-0.25, -0.2) is 0 Å². The maximum atomic E-state index is 9.45. The van der Waals surface area contributed by atoms with Crippen molar-refractivity contribution < 1.29 is 5.11 Å². The van der Waals surface area contributed by atoms with Crippen LogP contribution in [0.5, 0.6) is 0 Å². The first kappa shape index (κ1) is 14.4. The van der Waals surface area contributed by atoms with E-state index in [1.165, 1.54) is 12.0 Å². The van der Waals surface area contributed by atoms with Gasteiger partial charge in [-0.15, -0.1) is 0 Å². The quantitative estimate of drug-likeness (QED) is 0.785. The predicted octanol–water partition coefficient (Wildman–Crippen LogP) is 1.99. The second-order valence-corrected chi connectivity index (χ2v) is 5.89. The van der Waals surface area contributed by atoms with Crippen molar-refractivity contribution in [3.05, 3.63) is 42.1 Å². The first-order chi connectivity index (χ1) is 10.3. The lowest BCUT2D eigenvalue weighted by Crippen LogP contribution is -2.39. The van der Waals surface area contributed by atoms with Crippen LogP contribution in [0, 0.1) is 5.92 Å². The summed E-state index contributed by atoms with van der Waals surface area (Å²) in [5, 5.41) is 14.2. The third-order valence-electron chi connectivity index (χ3n) is 4.57. The van der Waals surface area contributed by atoms with Crippen LogP contribution in [-0.2, 0) is 0 Å². The number of benzene rings is 1. The molecule has 21 heavy (non-hydrogen) atoms. The molecule has 1 saturated carbocycles. The molecular formula is C17H23N3O. The zero-order valence-electron chi connectivity index (χ0n) is 12.2. The molecule has 3 atom stereocenters. The Kier molecular flexibility index (Phi) is 4.48. The number of nitrogens with two attached hydrogens (primary N) is 1. The largest absolute Gasteiger partial charge is 0.396 e. The number of aliphatic hydroxyl groups is 1. The number of nitrogens with one attached hydrogen (secondary N) is 1. The zero-order chi connectivity index (χ0) is 14.7. The van der Waals surface area contributed by atoms with Gasteiger partial charge in [0.1, 0.15) is 0 Å². The van der Waals surface area contributed by atoms with E-state index in [4.69, 9.17) is 5.73 Å². The second-order valence-electron chi connectivity index (χ2n) is 5.89. The minimum atomic E-state index is 0.131. The van der Waals surface area contributed by atoms with Crippen LogP contribution in [0.4, 0.5) is 0 Å². The third kappa shape index (κ3) is 3.07. The van der Waals surface area contributed by atoms with E-state index in [-0.39, 0.29) is 12.6 Å². The molecular weight excluding hydrogens is 262 g/mol. The predicted molar refractivity (Wildman–Crippen MR) is 84.9 cm³/mol. The Morgan fingerprint density at radius 1 is 1.33 bits per heavy atom. The molecule has 1 fully saturated rings.